The van der Waals surface area contributed by atoms with Crippen LogP contribution in [0.5, 0.6) is 0 Å². The first-order valence-corrected chi connectivity index (χ1v) is 8.52. The number of aromatic nitrogens is 2. The van der Waals surface area contributed by atoms with E-state index >= 15 is 0 Å². The van der Waals surface area contributed by atoms with E-state index in [2.05, 4.69) is 9.82 Å². The molecule has 2 aromatic rings. The Hall–Kier alpha value is -1.84. The number of ether oxygens (including phenoxy) is 1. The highest BCUT2D eigenvalue weighted by molar-refractivity contribution is 7.89. The average molecular weight is 343 g/mol. The Bertz CT molecular complexity index is 821. The van der Waals surface area contributed by atoms with E-state index in [1.165, 1.54) is 0 Å². The van der Waals surface area contributed by atoms with Gasteiger partial charge < -0.3 is 4.74 Å². The van der Waals surface area contributed by atoms with Crippen LogP contribution in [0.4, 0.5) is 8.78 Å². The smallest absolute Gasteiger partial charge is 0.243 e. The third-order valence-corrected chi connectivity index (χ3v) is 5.05. The number of hydrogen-bond acceptors (Lipinski definition) is 4. The third-order valence-electron chi connectivity index (χ3n) is 3.57. The van der Waals surface area contributed by atoms with E-state index < -0.39 is 26.6 Å². The summed E-state index contributed by atoms with van der Waals surface area (Å²) in [5, 5.41) is 4.19. The molecule has 23 heavy (non-hydrogen) atoms. The Morgan fingerprint density at radius 1 is 1.35 bits per heavy atom. The van der Waals surface area contributed by atoms with Crippen LogP contribution >= 0.6 is 0 Å². The van der Waals surface area contributed by atoms with E-state index in [-0.39, 0.29) is 6.54 Å². The Labute approximate surface area is 132 Å². The van der Waals surface area contributed by atoms with E-state index in [0.717, 1.165) is 23.4 Å². The van der Waals surface area contributed by atoms with Gasteiger partial charge in [0, 0.05) is 24.2 Å². The first kappa shape index (κ1) is 16.0. The number of nitrogens with one attached hydrogen (secondary N) is 1. The van der Waals surface area contributed by atoms with Gasteiger partial charge in [-0.15, -0.1) is 0 Å². The van der Waals surface area contributed by atoms with Crippen molar-refractivity contribution in [3.63, 3.8) is 0 Å². The summed E-state index contributed by atoms with van der Waals surface area (Å²) in [6.45, 7) is 1.41. The van der Waals surface area contributed by atoms with Gasteiger partial charge in [0.1, 0.15) is 16.5 Å². The molecule has 9 heteroatoms. The molecule has 1 aromatic carbocycles. The van der Waals surface area contributed by atoms with Crippen LogP contribution in [-0.4, -0.2) is 31.3 Å². The highest BCUT2D eigenvalue weighted by Crippen LogP contribution is 2.17. The molecule has 2 heterocycles. The summed E-state index contributed by atoms with van der Waals surface area (Å²) in [6, 6.07) is 2.31. The van der Waals surface area contributed by atoms with Gasteiger partial charge in [-0.1, -0.05) is 0 Å². The van der Waals surface area contributed by atoms with Gasteiger partial charge in [0.2, 0.25) is 10.0 Å². The predicted octanol–water partition coefficient (Wildman–Crippen LogP) is 1.21. The number of benzene rings is 1. The lowest BCUT2D eigenvalue weighted by Crippen LogP contribution is -2.29. The maximum Gasteiger partial charge on any atom is 0.243 e. The van der Waals surface area contributed by atoms with Gasteiger partial charge in [0.15, 0.2) is 0 Å². The molecule has 1 aliphatic rings. The summed E-state index contributed by atoms with van der Waals surface area (Å²) < 4.78 is 60.1. The monoisotopic (exact) mass is 343 g/mol. The van der Waals surface area contributed by atoms with Crippen LogP contribution in [0.2, 0.25) is 0 Å². The molecule has 0 amide bonds. The number of fused-ring (bicyclic) bond motifs is 1. The van der Waals surface area contributed by atoms with Crippen molar-refractivity contribution in [2.45, 2.75) is 24.5 Å². The molecule has 3 rings (SSSR count). The van der Waals surface area contributed by atoms with Crippen molar-refractivity contribution in [1.82, 2.24) is 14.5 Å². The minimum Gasteiger partial charge on any atom is -0.376 e. The molecule has 0 radical (unpaired) electrons. The molecule has 0 fully saturated rings. The van der Waals surface area contributed by atoms with E-state index in [9.17, 15) is 17.2 Å². The fraction of sp³-hybridized carbons (Fsp3) is 0.357. The molecule has 0 saturated carbocycles. The van der Waals surface area contributed by atoms with Crippen molar-refractivity contribution in [1.29, 1.82) is 0 Å². The van der Waals surface area contributed by atoms with Gasteiger partial charge in [0.05, 0.1) is 26.0 Å². The Kier molecular flexibility index (Phi) is 4.42. The second-order valence-corrected chi connectivity index (χ2v) is 6.85. The van der Waals surface area contributed by atoms with Gasteiger partial charge in [-0.05, 0) is 18.2 Å². The highest BCUT2D eigenvalue weighted by atomic mass is 32.2. The fourth-order valence-corrected chi connectivity index (χ4v) is 3.56. The molecular weight excluding hydrogens is 328 g/mol. The Morgan fingerprint density at radius 3 is 3.00 bits per heavy atom. The van der Waals surface area contributed by atoms with E-state index in [0.29, 0.717) is 32.2 Å². The van der Waals surface area contributed by atoms with Crippen LogP contribution in [0.1, 0.15) is 11.3 Å². The van der Waals surface area contributed by atoms with Crippen LogP contribution < -0.4 is 4.72 Å². The zero-order chi connectivity index (χ0) is 16.4. The third kappa shape index (κ3) is 3.41. The molecule has 0 unspecified atom stereocenters. The lowest BCUT2D eigenvalue weighted by Gasteiger charge is -2.15. The van der Waals surface area contributed by atoms with Crippen molar-refractivity contribution in [3.8, 4) is 0 Å². The molecule has 0 saturated heterocycles. The van der Waals surface area contributed by atoms with Gasteiger partial charge in [-0.2, -0.15) is 5.10 Å². The largest absolute Gasteiger partial charge is 0.376 e. The van der Waals surface area contributed by atoms with E-state index in [1.807, 2.05) is 0 Å². The molecular formula is C14H15F2N3O3S. The molecule has 1 N–H and O–H groups in total. The normalized spacial score (nSPS) is 14.7. The van der Waals surface area contributed by atoms with Crippen molar-refractivity contribution in [3.05, 3.63) is 47.3 Å². The van der Waals surface area contributed by atoms with Crippen LogP contribution in [0.3, 0.4) is 0 Å². The number of nitrogens with zero attached hydrogens (tertiary/aromatic N) is 2. The molecule has 0 atom stereocenters. The number of hydrogen-bond donors (Lipinski definition) is 1. The Balaban J connectivity index is 1.68. The summed E-state index contributed by atoms with van der Waals surface area (Å²) in [5.41, 5.74) is 1.99. The predicted molar refractivity (Wildman–Crippen MR) is 77.1 cm³/mol. The quantitative estimate of drug-likeness (QED) is 0.886. The first-order valence-electron chi connectivity index (χ1n) is 7.03. The molecule has 0 aliphatic carbocycles. The first-order chi connectivity index (χ1) is 11.0. The molecule has 6 nitrogen and oxygen atoms in total. The molecule has 1 aromatic heterocycles. The number of sulfonamides is 1. The zero-order valence-electron chi connectivity index (χ0n) is 12.1. The average Bonchev–Trinajstić information content (AvgIpc) is 2.93. The number of rotatable bonds is 5. The molecule has 124 valence electrons. The number of halogens is 2. The van der Waals surface area contributed by atoms with Crippen LogP contribution in [-0.2, 0) is 34.3 Å². The van der Waals surface area contributed by atoms with Gasteiger partial charge in [-0.25, -0.2) is 21.9 Å². The highest BCUT2D eigenvalue weighted by Gasteiger charge is 2.20. The fourth-order valence-electron chi connectivity index (χ4n) is 2.45. The standard InChI is InChI=1S/C14H15F2N3O3S/c15-11-1-2-12(16)14(7-11)23(20,21)18-4-5-19-13-3-6-22-9-10(13)8-17-19/h1-2,7-8,18H,3-6,9H2. The lowest BCUT2D eigenvalue weighted by molar-refractivity contribution is 0.109. The van der Waals surface area contributed by atoms with Gasteiger partial charge in [0.25, 0.3) is 0 Å². The van der Waals surface area contributed by atoms with Crippen LogP contribution in [0.25, 0.3) is 0 Å². The van der Waals surface area contributed by atoms with Crippen molar-refractivity contribution < 1.29 is 21.9 Å². The van der Waals surface area contributed by atoms with Gasteiger partial charge in [-0.3, -0.25) is 4.68 Å². The summed E-state index contributed by atoms with van der Waals surface area (Å²) in [7, 11) is -4.12. The second kappa shape index (κ2) is 6.34. The van der Waals surface area contributed by atoms with Crippen molar-refractivity contribution in [2.24, 2.45) is 0 Å². The van der Waals surface area contributed by atoms with Crippen molar-refractivity contribution >= 4 is 10.0 Å². The maximum atomic E-state index is 13.6. The summed E-state index contributed by atoms with van der Waals surface area (Å²) in [5.74, 6) is -1.81. The molecule has 0 bridgehead atoms. The maximum absolute atomic E-state index is 13.6. The SMILES string of the molecule is O=S(=O)(NCCn1ncc2c1CCOC2)c1cc(F)ccc1F. The topological polar surface area (TPSA) is 73.2 Å². The molecule has 1 aliphatic heterocycles. The van der Waals surface area contributed by atoms with Crippen molar-refractivity contribution in [2.75, 3.05) is 13.2 Å². The summed E-state index contributed by atoms with van der Waals surface area (Å²) in [4.78, 5) is -0.701. The van der Waals surface area contributed by atoms with E-state index in [1.54, 1.807) is 10.9 Å². The Morgan fingerprint density at radius 2 is 2.17 bits per heavy atom. The summed E-state index contributed by atoms with van der Waals surface area (Å²) in [6.07, 6.45) is 2.40. The van der Waals surface area contributed by atoms with Gasteiger partial charge >= 0.3 is 0 Å². The zero-order valence-corrected chi connectivity index (χ0v) is 12.9. The minimum atomic E-state index is -4.12. The second-order valence-electron chi connectivity index (χ2n) is 5.11. The molecule has 0 spiro atoms. The van der Waals surface area contributed by atoms with Crippen LogP contribution in [0.15, 0.2) is 29.3 Å². The minimum absolute atomic E-state index is 0.0211. The summed E-state index contributed by atoms with van der Waals surface area (Å²) >= 11 is 0. The van der Waals surface area contributed by atoms with Crippen LogP contribution in [0, 0.1) is 11.6 Å². The lowest BCUT2D eigenvalue weighted by atomic mass is 10.2. The van der Waals surface area contributed by atoms with E-state index in [4.69, 9.17) is 4.74 Å².